The highest BCUT2D eigenvalue weighted by Gasteiger charge is 2.01. The molecule has 0 aromatic heterocycles. The highest BCUT2D eigenvalue weighted by atomic mass is 16.5. The number of methoxy groups -OCH3 is 2. The molecule has 0 amide bonds. The van der Waals surface area contributed by atoms with Crippen LogP contribution in [0.3, 0.4) is 0 Å². The van der Waals surface area contributed by atoms with E-state index in [1.807, 2.05) is 30.4 Å². The van der Waals surface area contributed by atoms with Gasteiger partial charge in [0.15, 0.2) is 11.5 Å². The molecule has 0 heterocycles. The minimum absolute atomic E-state index is 0.752. The van der Waals surface area contributed by atoms with E-state index in [1.54, 1.807) is 14.2 Å². The van der Waals surface area contributed by atoms with Crippen LogP contribution in [0.25, 0.3) is 6.08 Å². The fourth-order valence-electron chi connectivity index (χ4n) is 1.31. The minimum atomic E-state index is 0.752. The first-order valence-electron chi connectivity index (χ1n) is 5.21. The third-order valence-corrected chi connectivity index (χ3v) is 2.13. The largest absolute Gasteiger partial charge is 0.493 e. The van der Waals surface area contributed by atoms with Crippen LogP contribution in [0.1, 0.15) is 19.4 Å². The lowest BCUT2D eigenvalue weighted by atomic mass is 10.2. The fourth-order valence-corrected chi connectivity index (χ4v) is 1.31. The number of ether oxygens (including phenoxy) is 2. The van der Waals surface area contributed by atoms with E-state index in [4.69, 9.17) is 9.47 Å². The molecule has 1 aromatic rings. The molecule has 0 aliphatic heterocycles. The van der Waals surface area contributed by atoms with Crippen molar-refractivity contribution in [3.63, 3.8) is 0 Å². The topological polar surface area (TPSA) is 18.5 Å². The molecule has 0 aliphatic carbocycles. The summed E-state index contributed by atoms with van der Waals surface area (Å²) in [7, 11) is 3.28. The normalized spacial score (nSPS) is 10.2. The van der Waals surface area contributed by atoms with Crippen LogP contribution in [0.2, 0.25) is 0 Å². The minimum Gasteiger partial charge on any atom is -0.493 e. The molecule has 0 atom stereocenters. The number of benzene rings is 1. The van der Waals surface area contributed by atoms with E-state index in [9.17, 15) is 0 Å². The number of allylic oxidation sites excluding steroid dienone is 3. The van der Waals surface area contributed by atoms with Crippen LogP contribution >= 0.6 is 0 Å². The van der Waals surface area contributed by atoms with Crippen molar-refractivity contribution in [2.24, 2.45) is 0 Å². The van der Waals surface area contributed by atoms with Crippen molar-refractivity contribution >= 4 is 6.08 Å². The SMILES string of the molecule is COc1ccc(/C=C/C=C(C)C)cc1OC. The summed E-state index contributed by atoms with van der Waals surface area (Å²) >= 11 is 0. The van der Waals surface area contributed by atoms with E-state index >= 15 is 0 Å². The van der Waals surface area contributed by atoms with Crippen LogP contribution in [-0.4, -0.2) is 14.2 Å². The van der Waals surface area contributed by atoms with E-state index in [0.29, 0.717) is 0 Å². The van der Waals surface area contributed by atoms with Crippen LogP contribution in [0.15, 0.2) is 35.9 Å². The predicted molar refractivity (Wildman–Crippen MR) is 68.0 cm³/mol. The summed E-state index contributed by atoms with van der Waals surface area (Å²) in [5.74, 6) is 1.50. The summed E-state index contributed by atoms with van der Waals surface area (Å²) in [5.41, 5.74) is 2.37. The molecule has 0 saturated heterocycles. The fraction of sp³-hybridized carbons (Fsp3) is 0.286. The summed E-state index contributed by atoms with van der Waals surface area (Å²) in [6.45, 7) is 4.14. The van der Waals surface area contributed by atoms with Gasteiger partial charge in [0.05, 0.1) is 14.2 Å². The van der Waals surface area contributed by atoms with E-state index in [1.165, 1.54) is 5.57 Å². The molecule has 0 radical (unpaired) electrons. The van der Waals surface area contributed by atoms with Gasteiger partial charge in [0.25, 0.3) is 0 Å². The van der Waals surface area contributed by atoms with Crippen LogP contribution in [0.5, 0.6) is 11.5 Å². The van der Waals surface area contributed by atoms with Crippen molar-refractivity contribution in [3.8, 4) is 11.5 Å². The molecule has 0 unspecified atom stereocenters. The Balaban J connectivity index is 2.91. The third kappa shape index (κ3) is 3.46. The van der Waals surface area contributed by atoms with Crippen molar-refractivity contribution in [3.05, 3.63) is 41.5 Å². The average molecular weight is 218 g/mol. The Bertz CT molecular complexity index is 399. The van der Waals surface area contributed by atoms with Gasteiger partial charge < -0.3 is 9.47 Å². The standard InChI is InChI=1S/C14H18O2/c1-11(2)6-5-7-12-8-9-13(15-3)14(10-12)16-4/h5-10H,1-4H3/b7-5+. The molecule has 0 fully saturated rings. The van der Waals surface area contributed by atoms with Gasteiger partial charge in [-0.05, 0) is 31.5 Å². The van der Waals surface area contributed by atoms with Crippen LogP contribution < -0.4 is 9.47 Å². The molecule has 0 spiro atoms. The summed E-state index contributed by atoms with van der Waals surface area (Å²) < 4.78 is 10.4. The molecule has 0 N–H and O–H groups in total. The smallest absolute Gasteiger partial charge is 0.161 e. The van der Waals surface area contributed by atoms with E-state index in [0.717, 1.165) is 17.1 Å². The summed E-state index contributed by atoms with van der Waals surface area (Å²) in [6.07, 6.45) is 6.13. The third-order valence-electron chi connectivity index (χ3n) is 2.13. The van der Waals surface area contributed by atoms with Gasteiger partial charge in [-0.3, -0.25) is 0 Å². The Labute approximate surface area is 97.2 Å². The molecule has 16 heavy (non-hydrogen) atoms. The second-order valence-electron chi connectivity index (χ2n) is 3.72. The highest BCUT2D eigenvalue weighted by molar-refractivity contribution is 5.57. The molecule has 2 heteroatoms. The van der Waals surface area contributed by atoms with Crippen molar-refractivity contribution in [2.75, 3.05) is 14.2 Å². The average Bonchev–Trinajstić information content (AvgIpc) is 2.28. The van der Waals surface area contributed by atoms with Gasteiger partial charge in [0, 0.05) is 0 Å². The van der Waals surface area contributed by atoms with Crippen LogP contribution in [0, 0.1) is 0 Å². The first kappa shape index (κ1) is 12.4. The van der Waals surface area contributed by atoms with Crippen molar-refractivity contribution < 1.29 is 9.47 Å². The zero-order valence-corrected chi connectivity index (χ0v) is 10.3. The Morgan fingerprint density at radius 2 is 1.75 bits per heavy atom. The first-order valence-corrected chi connectivity index (χ1v) is 5.21. The Hall–Kier alpha value is -1.70. The lowest BCUT2D eigenvalue weighted by Gasteiger charge is -2.07. The lowest BCUT2D eigenvalue weighted by Crippen LogP contribution is -1.90. The van der Waals surface area contributed by atoms with Crippen LogP contribution in [-0.2, 0) is 0 Å². The van der Waals surface area contributed by atoms with Crippen molar-refractivity contribution in [2.45, 2.75) is 13.8 Å². The van der Waals surface area contributed by atoms with Crippen molar-refractivity contribution in [1.29, 1.82) is 0 Å². The van der Waals surface area contributed by atoms with Gasteiger partial charge in [-0.15, -0.1) is 0 Å². The molecule has 2 nitrogen and oxygen atoms in total. The van der Waals surface area contributed by atoms with Crippen molar-refractivity contribution in [1.82, 2.24) is 0 Å². The Morgan fingerprint density at radius 1 is 1.06 bits per heavy atom. The summed E-state index contributed by atoms with van der Waals surface area (Å²) in [4.78, 5) is 0. The number of hydrogen-bond donors (Lipinski definition) is 0. The maximum Gasteiger partial charge on any atom is 0.161 e. The van der Waals surface area contributed by atoms with Gasteiger partial charge in [-0.25, -0.2) is 0 Å². The predicted octanol–water partition coefficient (Wildman–Crippen LogP) is 3.68. The second-order valence-corrected chi connectivity index (χ2v) is 3.72. The molecule has 0 saturated carbocycles. The van der Waals surface area contributed by atoms with Gasteiger partial charge >= 0.3 is 0 Å². The van der Waals surface area contributed by atoms with Gasteiger partial charge in [-0.2, -0.15) is 0 Å². The quantitative estimate of drug-likeness (QED) is 0.718. The Kier molecular flexibility index (Phi) is 4.65. The Morgan fingerprint density at radius 3 is 2.31 bits per heavy atom. The van der Waals surface area contributed by atoms with Crippen LogP contribution in [0.4, 0.5) is 0 Å². The van der Waals surface area contributed by atoms with E-state index < -0.39 is 0 Å². The summed E-state index contributed by atoms with van der Waals surface area (Å²) in [5, 5.41) is 0. The molecular weight excluding hydrogens is 200 g/mol. The number of hydrogen-bond acceptors (Lipinski definition) is 2. The highest BCUT2D eigenvalue weighted by Crippen LogP contribution is 2.27. The molecule has 86 valence electrons. The molecular formula is C14H18O2. The zero-order valence-electron chi connectivity index (χ0n) is 10.3. The molecule has 1 aromatic carbocycles. The van der Waals surface area contributed by atoms with Gasteiger partial charge in [0.2, 0.25) is 0 Å². The maximum atomic E-state index is 5.23. The number of rotatable bonds is 4. The molecule has 1 rings (SSSR count). The molecule has 0 bridgehead atoms. The molecule has 0 aliphatic rings. The van der Waals surface area contributed by atoms with E-state index in [-0.39, 0.29) is 0 Å². The van der Waals surface area contributed by atoms with Gasteiger partial charge in [0.1, 0.15) is 0 Å². The van der Waals surface area contributed by atoms with Gasteiger partial charge in [-0.1, -0.05) is 29.9 Å². The second kappa shape index (κ2) is 6.01. The maximum absolute atomic E-state index is 5.23. The monoisotopic (exact) mass is 218 g/mol. The summed E-state index contributed by atoms with van der Waals surface area (Å²) in [6, 6.07) is 5.85. The lowest BCUT2D eigenvalue weighted by molar-refractivity contribution is 0.355. The van der Waals surface area contributed by atoms with E-state index in [2.05, 4.69) is 19.9 Å². The first-order chi connectivity index (χ1) is 7.67. The zero-order chi connectivity index (χ0) is 12.0.